The maximum absolute atomic E-state index is 12.0. The van der Waals surface area contributed by atoms with Gasteiger partial charge >= 0.3 is 5.97 Å². The number of ether oxygens (including phenoxy) is 1. The predicted octanol–water partition coefficient (Wildman–Crippen LogP) is 3.10. The molecule has 0 unspecified atom stereocenters. The Bertz CT molecular complexity index is 591. The molecule has 0 bridgehead atoms. The van der Waals surface area contributed by atoms with Crippen molar-refractivity contribution in [2.75, 3.05) is 5.73 Å². The summed E-state index contributed by atoms with van der Waals surface area (Å²) in [5.41, 5.74) is 8.69. The number of nitrogen functional groups attached to an aromatic ring is 1. The Hall–Kier alpha value is -2.29. The molecule has 0 aromatic heterocycles. The van der Waals surface area contributed by atoms with Crippen LogP contribution in [0.25, 0.3) is 0 Å². The Balaban J connectivity index is 2.22. The van der Waals surface area contributed by atoms with Gasteiger partial charge in [0.1, 0.15) is 5.75 Å². The first-order valence-electron chi connectivity index (χ1n) is 5.72. The highest BCUT2D eigenvalue weighted by atomic mass is 16.5. The van der Waals surface area contributed by atoms with Crippen molar-refractivity contribution in [1.29, 1.82) is 0 Å². The summed E-state index contributed by atoms with van der Waals surface area (Å²) in [6.45, 7) is 3.79. The number of hydrogen-bond acceptors (Lipinski definition) is 3. The number of aryl methyl sites for hydroxylation is 2. The van der Waals surface area contributed by atoms with Gasteiger partial charge in [-0.2, -0.15) is 0 Å². The van der Waals surface area contributed by atoms with E-state index in [1.807, 2.05) is 38.1 Å². The summed E-state index contributed by atoms with van der Waals surface area (Å²) in [7, 11) is 0. The Kier molecular flexibility index (Phi) is 3.33. The lowest BCUT2D eigenvalue weighted by Crippen LogP contribution is -2.10. The maximum Gasteiger partial charge on any atom is 0.343 e. The third-order valence-corrected chi connectivity index (χ3v) is 2.81. The molecule has 0 aliphatic rings. The largest absolute Gasteiger partial charge is 0.423 e. The molecule has 0 atom stereocenters. The van der Waals surface area contributed by atoms with Gasteiger partial charge in [0.2, 0.25) is 0 Å². The SMILES string of the molecule is Cc1ccc(C(=O)Oc2ccccc2C)cc1N. The summed E-state index contributed by atoms with van der Waals surface area (Å²) in [6.07, 6.45) is 0. The predicted molar refractivity (Wildman–Crippen MR) is 71.7 cm³/mol. The molecule has 2 N–H and O–H groups in total. The van der Waals surface area contributed by atoms with Gasteiger partial charge in [0.25, 0.3) is 0 Å². The number of hydrogen-bond donors (Lipinski definition) is 1. The van der Waals surface area contributed by atoms with Gasteiger partial charge in [-0.05, 0) is 43.2 Å². The summed E-state index contributed by atoms with van der Waals surface area (Å²) >= 11 is 0. The second kappa shape index (κ2) is 4.92. The molecule has 2 aromatic rings. The van der Waals surface area contributed by atoms with Crippen LogP contribution in [0.4, 0.5) is 5.69 Å². The lowest BCUT2D eigenvalue weighted by Gasteiger charge is -2.08. The van der Waals surface area contributed by atoms with E-state index in [4.69, 9.17) is 10.5 Å². The molecule has 0 fully saturated rings. The van der Waals surface area contributed by atoms with Gasteiger partial charge in [0.15, 0.2) is 0 Å². The Morgan fingerprint density at radius 1 is 1.06 bits per heavy atom. The molecule has 3 nitrogen and oxygen atoms in total. The number of nitrogens with two attached hydrogens (primary N) is 1. The third-order valence-electron chi connectivity index (χ3n) is 2.81. The van der Waals surface area contributed by atoms with E-state index >= 15 is 0 Å². The van der Waals surface area contributed by atoms with E-state index in [-0.39, 0.29) is 0 Å². The first-order chi connectivity index (χ1) is 8.58. The van der Waals surface area contributed by atoms with Gasteiger partial charge in [-0.15, -0.1) is 0 Å². The van der Waals surface area contributed by atoms with Gasteiger partial charge in [0, 0.05) is 5.69 Å². The molecule has 0 amide bonds. The fourth-order valence-electron chi connectivity index (χ4n) is 1.60. The van der Waals surface area contributed by atoms with E-state index in [2.05, 4.69) is 0 Å². The minimum absolute atomic E-state index is 0.393. The van der Waals surface area contributed by atoms with E-state index in [0.717, 1.165) is 11.1 Å². The molecule has 2 aromatic carbocycles. The molecule has 0 heterocycles. The first kappa shape index (κ1) is 12.2. The summed E-state index contributed by atoms with van der Waals surface area (Å²) in [5, 5.41) is 0. The second-order valence-electron chi connectivity index (χ2n) is 4.23. The molecule has 0 radical (unpaired) electrons. The molecule has 2 rings (SSSR count). The van der Waals surface area contributed by atoms with E-state index in [9.17, 15) is 4.79 Å². The Morgan fingerprint density at radius 3 is 2.44 bits per heavy atom. The van der Waals surface area contributed by atoms with Crippen molar-refractivity contribution in [3.8, 4) is 5.75 Å². The van der Waals surface area contributed by atoms with Crippen molar-refractivity contribution in [3.05, 3.63) is 59.2 Å². The average molecular weight is 241 g/mol. The summed E-state index contributed by atoms with van der Waals surface area (Å²) < 4.78 is 5.33. The lowest BCUT2D eigenvalue weighted by molar-refractivity contribution is 0.0733. The summed E-state index contributed by atoms with van der Waals surface area (Å²) in [5.74, 6) is 0.178. The fourth-order valence-corrected chi connectivity index (χ4v) is 1.60. The monoisotopic (exact) mass is 241 g/mol. The van der Waals surface area contributed by atoms with Crippen LogP contribution in [0.5, 0.6) is 5.75 Å². The molecule has 0 aliphatic heterocycles. The summed E-state index contributed by atoms with van der Waals surface area (Å²) in [4.78, 5) is 12.0. The highest BCUT2D eigenvalue weighted by Gasteiger charge is 2.10. The smallest absolute Gasteiger partial charge is 0.343 e. The molecule has 92 valence electrons. The van der Waals surface area contributed by atoms with Crippen LogP contribution in [0.1, 0.15) is 21.5 Å². The molecule has 3 heteroatoms. The minimum Gasteiger partial charge on any atom is -0.423 e. The summed E-state index contributed by atoms with van der Waals surface area (Å²) in [6, 6.07) is 12.6. The highest BCUT2D eigenvalue weighted by Crippen LogP contribution is 2.19. The topological polar surface area (TPSA) is 52.3 Å². The fraction of sp³-hybridized carbons (Fsp3) is 0.133. The van der Waals surface area contributed by atoms with Crippen LogP contribution < -0.4 is 10.5 Å². The van der Waals surface area contributed by atoms with Crippen molar-refractivity contribution in [2.45, 2.75) is 13.8 Å². The second-order valence-corrected chi connectivity index (χ2v) is 4.23. The molecule has 18 heavy (non-hydrogen) atoms. The highest BCUT2D eigenvalue weighted by molar-refractivity contribution is 5.92. The zero-order valence-corrected chi connectivity index (χ0v) is 10.4. The molecule has 0 spiro atoms. The number of anilines is 1. The van der Waals surface area contributed by atoms with Gasteiger partial charge in [0.05, 0.1) is 5.56 Å². The van der Waals surface area contributed by atoms with Crippen molar-refractivity contribution >= 4 is 11.7 Å². The van der Waals surface area contributed by atoms with Crippen molar-refractivity contribution in [1.82, 2.24) is 0 Å². The van der Waals surface area contributed by atoms with E-state index in [1.54, 1.807) is 18.2 Å². The van der Waals surface area contributed by atoms with Crippen LogP contribution in [-0.2, 0) is 0 Å². The number of esters is 1. The quantitative estimate of drug-likeness (QED) is 0.499. The zero-order valence-electron chi connectivity index (χ0n) is 10.4. The first-order valence-corrected chi connectivity index (χ1v) is 5.72. The molecule has 0 saturated heterocycles. The van der Waals surface area contributed by atoms with Gasteiger partial charge in [-0.3, -0.25) is 0 Å². The van der Waals surface area contributed by atoms with Crippen molar-refractivity contribution < 1.29 is 9.53 Å². The number of carbonyl (C=O) groups excluding carboxylic acids is 1. The van der Waals surface area contributed by atoms with Gasteiger partial charge in [-0.1, -0.05) is 24.3 Å². The van der Waals surface area contributed by atoms with E-state index in [0.29, 0.717) is 17.0 Å². The van der Waals surface area contributed by atoms with Gasteiger partial charge < -0.3 is 10.5 Å². The van der Waals surface area contributed by atoms with Crippen LogP contribution >= 0.6 is 0 Å². The van der Waals surface area contributed by atoms with Crippen LogP contribution in [0.2, 0.25) is 0 Å². The Labute approximate surface area is 106 Å². The van der Waals surface area contributed by atoms with Crippen LogP contribution in [0.3, 0.4) is 0 Å². The van der Waals surface area contributed by atoms with Crippen LogP contribution in [0.15, 0.2) is 42.5 Å². The zero-order chi connectivity index (χ0) is 13.1. The van der Waals surface area contributed by atoms with Crippen LogP contribution in [0, 0.1) is 13.8 Å². The minimum atomic E-state index is -0.393. The molecule has 0 aliphatic carbocycles. The number of rotatable bonds is 2. The van der Waals surface area contributed by atoms with Crippen molar-refractivity contribution in [3.63, 3.8) is 0 Å². The average Bonchev–Trinajstić information content (AvgIpc) is 2.35. The molecular weight excluding hydrogens is 226 g/mol. The van der Waals surface area contributed by atoms with Gasteiger partial charge in [-0.25, -0.2) is 4.79 Å². The normalized spacial score (nSPS) is 10.1. The number of carbonyl (C=O) groups is 1. The maximum atomic E-state index is 12.0. The standard InChI is InChI=1S/C15H15NO2/c1-10-7-8-12(9-13(10)16)15(17)18-14-6-4-3-5-11(14)2/h3-9H,16H2,1-2H3. The van der Waals surface area contributed by atoms with Crippen LogP contribution in [-0.4, -0.2) is 5.97 Å². The Morgan fingerprint density at radius 2 is 1.78 bits per heavy atom. The molecule has 0 saturated carbocycles. The number of benzene rings is 2. The van der Waals surface area contributed by atoms with Crippen molar-refractivity contribution in [2.24, 2.45) is 0 Å². The third kappa shape index (κ3) is 2.51. The number of para-hydroxylation sites is 1. The molecular formula is C15H15NO2. The van der Waals surface area contributed by atoms with E-state index in [1.165, 1.54) is 0 Å². The lowest BCUT2D eigenvalue weighted by atomic mass is 10.1. The van der Waals surface area contributed by atoms with E-state index < -0.39 is 5.97 Å².